The number of hydrogen-bond acceptors (Lipinski definition) is 3. The summed E-state index contributed by atoms with van der Waals surface area (Å²) in [6, 6.07) is 16.0. The van der Waals surface area contributed by atoms with Crippen molar-refractivity contribution >= 4 is 0 Å². The van der Waals surface area contributed by atoms with Crippen LogP contribution in [0.2, 0.25) is 0 Å². The number of rotatable bonds is 7. The highest BCUT2D eigenvalue weighted by Gasteiger charge is 2.17. The third-order valence-electron chi connectivity index (χ3n) is 3.97. The minimum absolute atomic E-state index is 0.0377. The van der Waals surface area contributed by atoms with E-state index in [1.54, 1.807) is 24.3 Å². The van der Waals surface area contributed by atoms with Crippen molar-refractivity contribution < 1.29 is 9.50 Å². The molecule has 3 nitrogen and oxygen atoms in total. The van der Waals surface area contributed by atoms with E-state index < -0.39 is 0 Å². The van der Waals surface area contributed by atoms with Crippen LogP contribution in [0.1, 0.15) is 30.0 Å². The lowest BCUT2D eigenvalue weighted by Crippen LogP contribution is -2.36. The van der Waals surface area contributed by atoms with Crippen LogP contribution in [0, 0.1) is 17.1 Å². The van der Waals surface area contributed by atoms with Gasteiger partial charge in [0, 0.05) is 19.1 Å². The van der Waals surface area contributed by atoms with Crippen LogP contribution in [-0.4, -0.2) is 22.7 Å². The summed E-state index contributed by atoms with van der Waals surface area (Å²) in [6.45, 7) is 3.42. The normalized spacial score (nSPS) is 12.1. The van der Waals surface area contributed by atoms with Crippen LogP contribution < -0.4 is 0 Å². The monoisotopic (exact) mass is 312 g/mol. The molecule has 0 aromatic heterocycles. The smallest absolute Gasteiger partial charge is 0.123 e. The second-order valence-electron chi connectivity index (χ2n) is 5.58. The molecule has 2 aromatic rings. The van der Waals surface area contributed by atoms with Crippen molar-refractivity contribution in [2.24, 2.45) is 0 Å². The zero-order valence-electron chi connectivity index (χ0n) is 13.2. The molecule has 0 amide bonds. The Bertz CT molecular complexity index is 643. The maximum Gasteiger partial charge on any atom is 0.123 e. The quantitative estimate of drug-likeness (QED) is 0.851. The second kappa shape index (κ2) is 8.42. The van der Waals surface area contributed by atoms with E-state index in [1.807, 2.05) is 19.1 Å². The standard InChI is InChI=1S/C19H21FN2O/c1-2-19(14-23)22(13-17-7-9-18(20)10-8-17)12-16-5-3-15(11-21)4-6-16/h3-10,19,23H,2,12-14H2,1H3/t19-/m1/s1. The third-order valence-corrected chi connectivity index (χ3v) is 3.97. The minimum atomic E-state index is -0.249. The molecule has 0 aliphatic carbocycles. The highest BCUT2D eigenvalue weighted by Crippen LogP contribution is 2.16. The zero-order chi connectivity index (χ0) is 16.7. The maximum absolute atomic E-state index is 13.1. The van der Waals surface area contributed by atoms with Gasteiger partial charge in [0.2, 0.25) is 0 Å². The van der Waals surface area contributed by atoms with E-state index in [0.29, 0.717) is 18.7 Å². The summed E-state index contributed by atoms with van der Waals surface area (Å²) in [5.41, 5.74) is 2.72. The van der Waals surface area contributed by atoms with Gasteiger partial charge in [-0.05, 0) is 41.8 Å². The van der Waals surface area contributed by atoms with Gasteiger partial charge in [0.15, 0.2) is 0 Å². The maximum atomic E-state index is 13.1. The number of hydrogen-bond donors (Lipinski definition) is 1. The predicted molar refractivity (Wildman–Crippen MR) is 88.0 cm³/mol. The molecule has 0 heterocycles. The first-order chi connectivity index (χ1) is 11.2. The Labute approximate surface area is 136 Å². The first kappa shape index (κ1) is 17.1. The van der Waals surface area contributed by atoms with Gasteiger partial charge in [-0.1, -0.05) is 31.2 Å². The van der Waals surface area contributed by atoms with Crippen molar-refractivity contribution in [1.82, 2.24) is 4.90 Å². The van der Waals surface area contributed by atoms with E-state index in [1.165, 1.54) is 12.1 Å². The van der Waals surface area contributed by atoms with E-state index in [-0.39, 0.29) is 18.5 Å². The number of benzene rings is 2. The van der Waals surface area contributed by atoms with Gasteiger partial charge < -0.3 is 5.11 Å². The summed E-state index contributed by atoms with van der Waals surface area (Å²) < 4.78 is 13.1. The molecule has 0 radical (unpaired) electrons. The summed E-state index contributed by atoms with van der Waals surface area (Å²) in [4.78, 5) is 2.18. The largest absolute Gasteiger partial charge is 0.395 e. The zero-order valence-corrected chi connectivity index (χ0v) is 13.2. The van der Waals surface area contributed by atoms with Gasteiger partial charge in [0.05, 0.1) is 18.2 Å². The van der Waals surface area contributed by atoms with Crippen LogP contribution in [0.25, 0.3) is 0 Å². The van der Waals surface area contributed by atoms with Crippen LogP contribution in [0.4, 0.5) is 4.39 Å². The molecular formula is C19H21FN2O. The molecule has 2 aromatic carbocycles. The lowest BCUT2D eigenvalue weighted by Gasteiger charge is -2.30. The van der Waals surface area contributed by atoms with Crippen LogP contribution in [0.15, 0.2) is 48.5 Å². The summed E-state index contributed by atoms with van der Waals surface area (Å²) in [5, 5.41) is 18.5. The SMILES string of the molecule is CC[C@H](CO)N(Cc1ccc(F)cc1)Cc1ccc(C#N)cc1. The van der Waals surface area contributed by atoms with Crippen molar-refractivity contribution in [1.29, 1.82) is 5.26 Å². The van der Waals surface area contributed by atoms with Crippen molar-refractivity contribution in [3.63, 3.8) is 0 Å². The van der Waals surface area contributed by atoms with E-state index in [2.05, 4.69) is 11.0 Å². The van der Waals surface area contributed by atoms with Crippen molar-refractivity contribution in [3.05, 3.63) is 71.0 Å². The first-order valence-corrected chi connectivity index (χ1v) is 7.74. The molecule has 120 valence electrons. The second-order valence-corrected chi connectivity index (χ2v) is 5.58. The molecule has 23 heavy (non-hydrogen) atoms. The van der Waals surface area contributed by atoms with Gasteiger partial charge in [-0.3, -0.25) is 4.90 Å². The topological polar surface area (TPSA) is 47.3 Å². The van der Waals surface area contributed by atoms with Gasteiger partial charge in [-0.2, -0.15) is 5.26 Å². The molecule has 1 atom stereocenters. The summed E-state index contributed by atoms with van der Waals surface area (Å²) >= 11 is 0. The minimum Gasteiger partial charge on any atom is -0.395 e. The molecular weight excluding hydrogens is 291 g/mol. The fraction of sp³-hybridized carbons (Fsp3) is 0.316. The van der Waals surface area contributed by atoms with Crippen LogP contribution in [0.5, 0.6) is 0 Å². The van der Waals surface area contributed by atoms with Gasteiger partial charge in [-0.25, -0.2) is 4.39 Å². The molecule has 0 fully saturated rings. The summed E-state index contributed by atoms with van der Waals surface area (Å²) in [7, 11) is 0. The van der Waals surface area contributed by atoms with Crippen LogP contribution >= 0.6 is 0 Å². The molecule has 2 rings (SSSR count). The number of aliphatic hydroxyl groups is 1. The van der Waals surface area contributed by atoms with Gasteiger partial charge in [-0.15, -0.1) is 0 Å². The fourth-order valence-electron chi connectivity index (χ4n) is 2.56. The van der Waals surface area contributed by atoms with Gasteiger partial charge in [0.25, 0.3) is 0 Å². The molecule has 0 spiro atoms. The van der Waals surface area contributed by atoms with Crippen molar-refractivity contribution in [3.8, 4) is 6.07 Å². The Morgan fingerprint density at radius 1 is 1.04 bits per heavy atom. The third kappa shape index (κ3) is 4.88. The molecule has 4 heteroatoms. The predicted octanol–water partition coefficient (Wildman–Crippen LogP) is 3.47. The van der Waals surface area contributed by atoms with E-state index in [4.69, 9.17) is 5.26 Å². The molecule has 0 unspecified atom stereocenters. The number of nitrogens with zero attached hydrogens (tertiary/aromatic N) is 2. The van der Waals surface area contributed by atoms with Crippen molar-refractivity contribution in [2.75, 3.05) is 6.61 Å². The number of aliphatic hydroxyl groups excluding tert-OH is 1. The average Bonchev–Trinajstić information content (AvgIpc) is 2.58. The lowest BCUT2D eigenvalue weighted by molar-refractivity contribution is 0.107. The Balaban J connectivity index is 2.15. The highest BCUT2D eigenvalue weighted by molar-refractivity contribution is 5.31. The Morgan fingerprint density at radius 3 is 2.00 bits per heavy atom. The van der Waals surface area contributed by atoms with Crippen LogP contribution in [-0.2, 0) is 13.1 Å². The number of nitriles is 1. The summed E-state index contributed by atoms with van der Waals surface area (Å²) in [5.74, 6) is -0.249. The summed E-state index contributed by atoms with van der Waals surface area (Å²) in [6.07, 6.45) is 0.827. The fourth-order valence-corrected chi connectivity index (χ4v) is 2.56. The van der Waals surface area contributed by atoms with E-state index in [9.17, 15) is 9.50 Å². The van der Waals surface area contributed by atoms with Crippen molar-refractivity contribution in [2.45, 2.75) is 32.5 Å². The molecule has 0 saturated heterocycles. The lowest BCUT2D eigenvalue weighted by atomic mass is 10.1. The van der Waals surface area contributed by atoms with Gasteiger partial charge >= 0.3 is 0 Å². The number of halogens is 1. The van der Waals surface area contributed by atoms with Gasteiger partial charge in [0.1, 0.15) is 5.82 Å². The molecule has 0 aliphatic heterocycles. The Hall–Kier alpha value is -2.22. The average molecular weight is 312 g/mol. The Kier molecular flexibility index (Phi) is 6.28. The van der Waals surface area contributed by atoms with Crippen LogP contribution in [0.3, 0.4) is 0 Å². The molecule has 1 N–H and O–H groups in total. The first-order valence-electron chi connectivity index (χ1n) is 7.74. The molecule has 0 saturated carbocycles. The molecule has 0 bridgehead atoms. The van der Waals surface area contributed by atoms with E-state index in [0.717, 1.165) is 17.5 Å². The highest BCUT2D eigenvalue weighted by atomic mass is 19.1. The van der Waals surface area contributed by atoms with E-state index >= 15 is 0 Å². The Morgan fingerprint density at radius 2 is 1.57 bits per heavy atom. The molecule has 0 aliphatic rings.